The molecule has 0 radical (unpaired) electrons. The third-order valence-corrected chi connectivity index (χ3v) is 7.57. The molecular formula is C31H24F8N4O4S. The Hall–Kier alpha value is -4.69. The molecule has 1 fully saturated rings. The average molecular weight is 701 g/mol. The SMILES string of the molecule is CC1(C)C(=O)N(c2ccc(C#N)c(C(F)(F)F)c2F)C(=S)N1c1cnc(-c2ccc(OCCCCOCC=O)cc2C(F)(F)F)c(F)c1. The molecule has 4 rings (SSSR count). The van der Waals surface area contributed by atoms with Gasteiger partial charge in [-0.25, -0.2) is 8.78 Å². The van der Waals surface area contributed by atoms with E-state index in [1.54, 1.807) is 0 Å². The van der Waals surface area contributed by atoms with Crippen LogP contribution < -0.4 is 14.5 Å². The first kappa shape index (κ1) is 36.2. The lowest BCUT2D eigenvalue weighted by atomic mass is 10.0. The number of ether oxygens (including phenoxy) is 2. The predicted octanol–water partition coefficient (Wildman–Crippen LogP) is 7.23. The number of carbonyl (C=O) groups is 2. The van der Waals surface area contributed by atoms with Gasteiger partial charge in [-0.2, -0.15) is 31.6 Å². The monoisotopic (exact) mass is 700 g/mol. The Morgan fingerprint density at radius 1 is 1.02 bits per heavy atom. The van der Waals surface area contributed by atoms with Crippen LogP contribution in [0.3, 0.4) is 0 Å². The molecule has 3 aromatic rings. The number of unbranched alkanes of at least 4 members (excludes halogenated alkanes) is 1. The second-order valence-corrected chi connectivity index (χ2v) is 11.1. The Morgan fingerprint density at radius 2 is 1.71 bits per heavy atom. The lowest BCUT2D eigenvalue weighted by molar-refractivity contribution is -0.140. The Kier molecular flexibility index (Phi) is 10.4. The minimum Gasteiger partial charge on any atom is -0.494 e. The van der Waals surface area contributed by atoms with Gasteiger partial charge >= 0.3 is 12.4 Å². The summed E-state index contributed by atoms with van der Waals surface area (Å²) in [6, 6.07) is 6.27. The zero-order chi connectivity index (χ0) is 35.6. The number of anilines is 2. The molecule has 0 N–H and O–H groups in total. The summed E-state index contributed by atoms with van der Waals surface area (Å²) in [6.07, 6.45) is -7.88. The van der Waals surface area contributed by atoms with Gasteiger partial charge in [0.15, 0.2) is 16.7 Å². The van der Waals surface area contributed by atoms with Crippen molar-refractivity contribution in [3.63, 3.8) is 0 Å². The minimum atomic E-state index is -5.30. The molecule has 0 spiro atoms. The maximum atomic E-state index is 15.6. The number of pyridine rings is 1. The number of hydrogen-bond acceptors (Lipinski definition) is 7. The summed E-state index contributed by atoms with van der Waals surface area (Å²) in [4.78, 5) is 29.0. The van der Waals surface area contributed by atoms with Crippen molar-refractivity contribution in [3.8, 4) is 23.1 Å². The molecule has 1 aliphatic heterocycles. The number of benzene rings is 2. The average Bonchev–Trinajstić information content (AvgIpc) is 3.17. The normalized spacial score (nSPS) is 14.8. The number of halogens is 8. The van der Waals surface area contributed by atoms with Crippen LogP contribution in [0.4, 0.5) is 46.5 Å². The predicted molar refractivity (Wildman–Crippen MR) is 159 cm³/mol. The van der Waals surface area contributed by atoms with Crippen LogP contribution in [0.25, 0.3) is 11.3 Å². The first-order valence-corrected chi connectivity index (χ1v) is 14.4. The van der Waals surface area contributed by atoms with Crippen LogP contribution in [-0.2, 0) is 26.7 Å². The highest BCUT2D eigenvalue weighted by Crippen LogP contribution is 2.43. The van der Waals surface area contributed by atoms with Gasteiger partial charge in [0.25, 0.3) is 5.91 Å². The Labute approximate surface area is 273 Å². The lowest BCUT2D eigenvalue weighted by Crippen LogP contribution is -2.44. The molecule has 48 heavy (non-hydrogen) atoms. The Bertz CT molecular complexity index is 1790. The topological polar surface area (TPSA) is 95.8 Å². The standard InChI is InChI=1S/C31H24F8N4O4S/c1-29(2)27(45)42(23-8-5-17(15-40)24(25(23)33)31(37,38)39)28(48)43(29)18-13-22(32)26(41-16-18)20-7-6-19(14-21(20)30(34,35)36)47-11-4-3-10-46-12-9-44/h5-9,13-14,16H,3-4,10-12H2,1-2H3. The summed E-state index contributed by atoms with van der Waals surface area (Å²) >= 11 is 5.32. The van der Waals surface area contributed by atoms with E-state index >= 15 is 8.78 Å². The van der Waals surface area contributed by atoms with E-state index in [0.717, 1.165) is 29.3 Å². The summed E-state index contributed by atoms with van der Waals surface area (Å²) in [5.74, 6) is -4.37. The van der Waals surface area contributed by atoms with Crippen LogP contribution in [0.15, 0.2) is 42.6 Å². The third-order valence-electron chi connectivity index (χ3n) is 7.21. The van der Waals surface area contributed by atoms with E-state index < -0.39 is 74.2 Å². The quantitative estimate of drug-likeness (QED) is 0.0896. The van der Waals surface area contributed by atoms with Gasteiger partial charge in [-0.15, -0.1) is 0 Å². The molecule has 0 unspecified atom stereocenters. The second kappa shape index (κ2) is 13.8. The Balaban J connectivity index is 1.66. The van der Waals surface area contributed by atoms with Gasteiger partial charge in [0.05, 0.1) is 41.4 Å². The van der Waals surface area contributed by atoms with E-state index in [4.69, 9.17) is 27.0 Å². The van der Waals surface area contributed by atoms with Crippen LogP contribution in [0, 0.1) is 23.0 Å². The summed E-state index contributed by atoms with van der Waals surface area (Å²) in [7, 11) is 0. The van der Waals surface area contributed by atoms with Gasteiger partial charge in [0.2, 0.25) is 0 Å². The number of thiocarbonyl (C=S) groups is 1. The number of aromatic nitrogens is 1. The van der Waals surface area contributed by atoms with Crippen LogP contribution in [0.1, 0.15) is 43.4 Å². The Morgan fingerprint density at radius 3 is 2.31 bits per heavy atom. The lowest BCUT2D eigenvalue weighted by Gasteiger charge is -2.29. The van der Waals surface area contributed by atoms with E-state index in [1.807, 2.05) is 0 Å². The van der Waals surface area contributed by atoms with Crippen molar-refractivity contribution in [1.29, 1.82) is 5.26 Å². The van der Waals surface area contributed by atoms with E-state index in [-0.39, 0.29) is 31.3 Å². The summed E-state index contributed by atoms with van der Waals surface area (Å²) in [6.45, 7) is 2.74. The highest BCUT2D eigenvalue weighted by atomic mass is 32.1. The van der Waals surface area contributed by atoms with Crippen molar-refractivity contribution >= 4 is 40.9 Å². The molecule has 1 aliphatic rings. The molecule has 254 valence electrons. The number of nitrogens with zero attached hydrogens (tertiary/aromatic N) is 4. The van der Waals surface area contributed by atoms with Gasteiger partial charge < -0.3 is 19.2 Å². The molecule has 1 aromatic heterocycles. The number of hydrogen-bond donors (Lipinski definition) is 0. The molecule has 17 heteroatoms. The number of aldehydes is 1. The van der Waals surface area contributed by atoms with E-state index in [0.29, 0.717) is 36.2 Å². The number of amides is 1. The zero-order valence-corrected chi connectivity index (χ0v) is 25.8. The van der Waals surface area contributed by atoms with Gasteiger partial charge in [-0.1, -0.05) is 0 Å². The highest BCUT2D eigenvalue weighted by molar-refractivity contribution is 7.81. The molecule has 0 bridgehead atoms. The van der Waals surface area contributed by atoms with E-state index in [1.165, 1.54) is 26.0 Å². The van der Waals surface area contributed by atoms with Crippen molar-refractivity contribution < 1.29 is 54.2 Å². The van der Waals surface area contributed by atoms with Gasteiger partial charge in [0.1, 0.15) is 35.4 Å². The molecular weight excluding hydrogens is 676 g/mol. The maximum absolute atomic E-state index is 15.6. The molecule has 1 saturated heterocycles. The summed E-state index contributed by atoms with van der Waals surface area (Å²) in [5, 5.41) is 8.49. The molecule has 0 aliphatic carbocycles. The van der Waals surface area contributed by atoms with Crippen molar-refractivity contribution in [2.24, 2.45) is 0 Å². The fourth-order valence-corrected chi connectivity index (χ4v) is 5.49. The zero-order valence-electron chi connectivity index (χ0n) is 25.0. The van der Waals surface area contributed by atoms with E-state index in [9.17, 15) is 35.9 Å². The second-order valence-electron chi connectivity index (χ2n) is 10.8. The number of carbonyl (C=O) groups excluding carboxylic acids is 2. The molecule has 2 heterocycles. The summed E-state index contributed by atoms with van der Waals surface area (Å²) < 4.78 is 124. The first-order chi connectivity index (χ1) is 22.4. The summed E-state index contributed by atoms with van der Waals surface area (Å²) in [5.41, 5.74) is -8.51. The number of nitriles is 1. The first-order valence-electron chi connectivity index (χ1n) is 13.9. The molecule has 0 saturated carbocycles. The number of alkyl halides is 6. The van der Waals surface area contributed by atoms with Crippen molar-refractivity contribution in [2.75, 3.05) is 29.6 Å². The van der Waals surface area contributed by atoms with E-state index in [2.05, 4.69) is 4.98 Å². The van der Waals surface area contributed by atoms with Crippen molar-refractivity contribution in [3.05, 3.63) is 70.9 Å². The van der Waals surface area contributed by atoms with Crippen LogP contribution in [0.5, 0.6) is 5.75 Å². The van der Waals surface area contributed by atoms with Crippen LogP contribution in [-0.4, -0.2) is 47.6 Å². The van der Waals surface area contributed by atoms with Crippen LogP contribution in [0.2, 0.25) is 0 Å². The fourth-order valence-electron chi connectivity index (χ4n) is 4.98. The van der Waals surface area contributed by atoms with Gasteiger partial charge in [-0.3, -0.25) is 14.7 Å². The molecule has 1 amide bonds. The molecule has 8 nitrogen and oxygen atoms in total. The fraction of sp³-hybridized carbons (Fsp3) is 0.323. The number of rotatable bonds is 11. The largest absolute Gasteiger partial charge is 0.494 e. The van der Waals surface area contributed by atoms with Crippen molar-refractivity contribution in [2.45, 2.75) is 44.6 Å². The smallest absolute Gasteiger partial charge is 0.420 e. The highest BCUT2D eigenvalue weighted by Gasteiger charge is 2.52. The molecule has 0 atom stereocenters. The minimum absolute atomic E-state index is 0.0353. The van der Waals surface area contributed by atoms with Gasteiger partial charge in [-0.05, 0) is 69.2 Å². The molecule has 2 aromatic carbocycles. The van der Waals surface area contributed by atoms with Gasteiger partial charge in [0, 0.05) is 18.2 Å². The third kappa shape index (κ3) is 7.09. The van der Waals surface area contributed by atoms with Crippen LogP contribution >= 0.6 is 12.2 Å². The van der Waals surface area contributed by atoms with Crippen molar-refractivity contribution in [1.82, 2.24) is 4.98 Å². The maximum Gasteiger partial charge on any atom is 0.420 e.